The Hall–Kier alpha value is -0.920. The minimum atomic E-state index is -3.45. The number of H-pyrrole nitrogens is 1. The first-order valence-electron chi connectivity index (χ1n) is 6.69. The van der Waals surface area contributed by atoms with Gasteiger partial charge in [0.15, 0.2) is 0 Å². The van der Waals surface area contributed by atoms with E-state index in [0.29, 0.717) is 41.8 Å². The summed E-state index contributed by atoms with van der Waals surface area (Å²) in [5.41, 5.74) is 1.17. The van der Waals surface area contributed by atoms with Crippen molar-refractivity contribution in [2.24, 2.45) is 5.92 Å². The minimum Gasteiger partial charge on any atom is -0.314 e. The van der Waals surface area contributed by atoms with Crippen molar-refractivity contribution in [3.05, 3.63) is 11.4 Å². The summed E-state index contributed by atoms with van der Waals surface area (Å²) >= 11 is 0. The van der Waals surface area contributed by atoms with Gasteiger partial charge in [0.25, 0.3) is 0 Å². The summed E-state index contributed by atoms with van der Waals surface area (Å²) in [6.45, 7) is 5.21. The molecule has 1 aliphatic rings. The molecular formula is C12H22N4O2S. The molecular weight excluding hydrogens is 264 g/mol. The lowest BCUT2D eigenvalue weighted by Gasteiger charge is -2.20. The van der Waals surface area contributed by atoms with Crippen LogP contribution in [0.15, 0.2) is 4.90 Å². The van der Waals surface area contributed by atoms with Crippen molar-refractivity contribution in [2.75, 3.05) is 20.1 Å². The van der Waals surface area contributed by atoms with Gasteiger partial charge in [-0.15, -0.1) is 0 Å². The Kier molecular flexibility index (Phi) is 4.27. The van der Waals surface area contributed by atoms with Crippen LogP contribution in [0.4, 0.5) is 0 Å². The summed E-state index contributed by atoms with van der Waals surface area (Å²) in [4.78, 5) is 0.337. The zero-order valence-electron chi connectivity index (χ0n) is 11.7. The Morgan fingerprint density at radius 2 is 2.16 bits per heavy atom. The molecule has 0 aromatic carbocycles. The molecule has 108 valence electrons. The first-order chi connectivity index (χ1) is 9.00. The fourth-order valence-corrected chi connectivity index (χ4v) is 4.07. The van der Waals surface area contributed by atoms with E-state index in [0.717, 1.165) is 12.8 Å². The van der Waals surface area contributed by atoms with Crippen molar-refractivity contribution < 1.29 is 8.42 Å². The molecule has 0 saturated heterocycles. The molecule has 7 heteroatoms. The summed E-state index contributed by atoms with van der Waals surface area (Å²) in [5.74, 6) is 0.537. The molecule has 1 aromatic rings. The fourth-order valence-electron chi connectivity index (χ4n) is 2.21. The highest BCUT2D eigenvalue weighted by Gasteiger charge is 2.33. The van der Waals surface area contributed by atoms with Gasteiger partial charge >= 0.3 is 0 Å². The summed E-state index contributed by atoms with van der Waals surface area (Å²) in [6, 6.07) is 0. The van der Waals surface area contributed by atoms with E-state index in [1.807, 2.05) is 6.92 Å². The quantitative estimate of drug-likeness (QED) is 0.779. The maximum Gasteiger partial charge on any atom is 0.246 e. The van der Waals surface area contributed by atoms with Crippen molar-refractivity contribution >= 4 is 10.0 Å². The van der Waals surface area contributed by atoms with Crippen LogP contribution < -0.4 is 5.32 Å². The van der Waals surface area contributed by atoms with Crippen LogP contribution in [0.5, 0.6) is 0 Å². The van der Waals surface area contributed by atoms with E-state index in [1.165, 1.54) is 0 Å². The smallest absolute Gasteiger partial charge is 0.246 e. The van der Waals surface area contributed by atoms with Crippen LogP contribution in [0.2, 0.25) is 0 Å². The van der Waals surface area contributed by atoms with Crippen LogP contribution in [-0.4, -0.2) is 43.1 Å². The predicted octanol–water partition coefficient (Wildman–Crippen LogP) is 0.858. The van der Waals surface area contributed by atoms with Crippen LogP contribution in [-0.2, 0) is 16.6 Å². The van der Waals surface area contributed by atoms with Crippen LogP contribution in [0.25, 0.3) is 0 Å². The molecule has 1 heterocycles. The second-order valence-corrected chi connectivity index (χ2v) is 6.93. The van der Waals surface area contributed by atoms with Gasteiger partial charge in [-0.2, -0.15) is 9.40 Å². The molecule has 2 N–H and O–H groups in total. The van der Waals surface area contributed by atoms with E-state index < -0.39 is 10.0 Å². The lowest BCUT2D eigenvalue weighted by molar-refractivity contribution is 0.411. The number of aryl methyl sites for hydroxylation is 1. The Morgan fingerprint density at radius 1 is 1.47 bits per heavy atom. The Balaban J connectivity index is 2.33. The van der Waals surface area contributed by atoms with Gasteiger partial charge in [-0.25, -0.2) is 8.42 Å². The van der Waals surface area contributed by atoms with Gasteiger partial charge in [0.2, 0.25) is 10.0 Å². The van der Waals surface area contributed by atoms with E-state index >= 15 is 0 Å². The average Bonchev–Trinajstić information content (AvgIpc) is 3.10. The average molecular weight is 286 g/mol. The molecule has 1 aliphatic carbocycles. The Labute approximate surface area is 114 Å². The van der Waals surface area contributed by atoms with E-state index in [1.54, 1.807) is 18.3 Å². The van der Waals surface area contributed by atoms with Crippen molar-refractivity contribution in [1.29, 1.82) is 0 Å². The molecule has 0 spiro atoms. The molecule has 0 amide bonds. The van der Waals surface area contributed by atoms with Crippen molar-refractivity contribution in [3.8, 4) is 0 Å². The van der Waals surface area contributed by atoms with Gasteiger partial charge in [-0.1, -0.05) is 6.92 Å². The highest BCUT2D eigenvalue weighted by atomic mass is 32.2. The number of sulfonamides is 1. The molecule has 19 heavy (non-hydrogen) atoms. The highest BCUT2D eigenvalue weighted by Crippen LogP contribution is 2.32. The topological polar surface area (TPSA) is 78.1 Å². The fraction of sp³-hybridized carbons (Fsp3) is 0.750. The number of nitrogens with one attached hydrogen (secondary N) is 2. The van der Waals surface area contributed by atoms with E-state index in [-0.39, 0.29) is 0 Å². The molecule has 6 nitrogen and oxygen atoms in total. The third-order valence-electron chi connectivity index (χ3n) is 3.41. The third-order valence-corrected chi connectivity index (χ3v) is 5.56. The molecule has 1 saturated carbocycles. The molecule has 1 aromatic heterocycles. The van der Waals surface area contributed by atoms with Crippen molar-refractivity contribution in [3.63, 3.8) is 0 Å². The Morgan fingerprint density at radius 3 is 2.68 bits per heavy atom. The van der Waals surface area contributed by atoms with Gasteiger partial charge in [-0.05, 0) is 32.7 Å². The standard InChI is InChI=1S/C12H22N4O2S/c1-4-16(8-10-5-6-10)19(17,18)12-9(2)14-15-11(12)7-13-3/h10,13H,4-8H2,1-3H3,(H,14,15). The highest BCUT2D eigenvalue weighted by molar-refractivity contribution is 7.89. The second kappa shape index (κ2) is 5.60. The van der Waals surface area contributed by atoms with Crippen molar-refractivity contribution in [2.45, 2.75) is 38.1 Å². The van der Waals surface area contributed by atoms with Crippen LogP contribution in [0.3, 0.4) is 0 Å². The second-order valence-electron chi connectivity index (χ2n) is 5.05. The SMILES string of the molecule is CCN(CC1CC1)S(=O)(=O)c1c(CNC)n[nH]c1C. The van der Waals surface area contributed by atoms with Crippen LogP contribution in [0, 0.1) is 12.8 Å². The maximum atomic E-state index is 12.7. The lowest BCUT2D eigenvalue weighted by Crippen LogP contribution is -2.33. The van der Waals surface area contributed by atoms with Crippen LogP contribution in [0.1, 0.15) is 31.2 Å². The van der Waals surface area contributed by atoms with Gasteiger partial charge in [-0.3, -0.25) is 5.10 Å². The molecule has 2 rings (SSSR count). The first kappa shape index (κ1) is 14.5. The Bertz CT molecular complexity index is 534. The zero-order chi connectivity index (χ0) is 14.0. The number of rotatable bonds is 7. The molecule has 0 unspecified atom stereocenters. The molecule has 0 aliphatic heterocycles. The van der Waals surface area contributed by atoms with Gasteiger partial charge < -0.3 is 5.32 Å². The molecule has 0 radical (unpaired) electrons. The van der Waals surface area contributed by atoms with Gasteiger partial charge in [0.1, 0.15) is 4.90 Å². The molecule has 0 bridgehead atoms. The zero-order valence-corrected chi connectivity index (χ0v) is 12.5. The normalized spacial score (nSPS) is 16.2. The van der Waals surface area contributed by atoms with Gasteiger partial charge in [0, 0.05) is 19.6 Å². The van der Waals surface area contributed by atoms with E-state index in [2.05, 4.69) is 15.5 Å². The van der Waals surface area contributed by atoms with E-state index in [4.69, 9.17) is 0 Å². The van der Waals surface area contributed by atoms with E-state index in [9.17, 15) is 8.42 Å². The molecule has 1 fully saturated rings. The summed E-state index contributed by atoms with van der Waals surface area (Å²) < 4.78 is 27.1. The number of aromatic amines is 1. The maximum absolute atomic E-state index is 12.7. The van der Waals surface area contributed by atoms with Crippen LogP contribution >= 0.6 is 0 Å². The summed E-state index contributed by atoms with van der Waals surface area (Å²) in [5, 5.41) is 9.82. The monoisotopic (exact) mass is 286 g/mol. The number of nitrogens with zero attached hydrogens (tertiary/aromatic N) is 2. The lowest BCUT2D eigenvalue weighted by atomic mass is 10.4. The number of hydrogen-bond donors (Lipinski definition) is 2. The molecule has 0 atom stereocenters. The predicted molar refractivity (Wildman–Crippen MR) is 73.2 cm³/mol. The summed E-state index contributed by atoms with van der Waals surface area (Å²) in [7, 11) is -1.67. The largest absolute Gasteiger partial charge is 0.314 e. The van der Waals surface area contributed by atoms with Gasteiger partial charge in [0.05, 0.1) is 11.4 Å². The minimum absolute atomic E-state index is 0.337. The first-order valence-corrected chi connectivity index (χ1v) is 8.13. The number of hydrogen-bond acceptors (Lipinski definition) is 4. The van der Waals surface area contributed by atoms with Crippen molar-refractivity contribution in [1.82, 2.24) is 19.8 Å². The third kappa shape index (κ3) is 2.98. The summed E-state index contributed by atoms with van der Waals surface area (Å²) in [6.07, 6.45) is 2.28. The number of aromatic nitrogens is 2.